The van der Waals surface area contributed by atoms with Crippen LogP contribution in [0.15, 0.2) is 82.3 Å². The molecule has 5 aromatic rings. The Morgan fingerprint density at radius 3 is 2.09 bits per heavy atom. The number of fused-ring (bicyclic) bond motifs is 1. The van der Waals surface area contributed by atoms with Gasteiger partial charge in [0.1, 0.15) is 0 Å². The molecule has 9 heteroatoms. The Bertz CT molecular complexity index is 1530. The Balaban J connectivity index is 1.91. The second-order valence-electron chi connectivity index (χ2n) is 6.90. The predicted molar refractivity (Wildman–Crippen MR) is 133 cm³/mol. The van der Waals surface area contributed by atoms with Crippen LogP contribution in [0.4, 0.5) is 0 Å². The smallest absolute Gasteiger partial charge is 0.271 e. The first-order chi connectivity index (χ1) is 15.4. The van der Waals surface area contributed by atoms with Gasteiger partial charge in [0.2, 0.25) is 0 Å². The highest BCUT2D eigenvalue weighted by molar-refractivity contribution is 9.10. The van der Waals surface area contributed by atoms with Gasteiger partial charge in [-0.1, -0.05) is 53.0 Å². The van der Waals surface area contributed by atoms with Crippen molar-refractivity contribution in [3.63, 3.8) is 0 Å². The van der Waals surface area contributed by atoms with Crippen LogP contribution in [0.2, 0.25) is 15.1 Å². The van der Waals surface area contributed by atoms with Crippen LogP contribution in [0.1, 0.15) is 0 Å². The number of para-hydroxylation sites is 1. The normalized spacial score (nSPS) is 11.2. The standard InChI is InChI=1S/C23H12BrCl3N4O/c24-23-28-19-21(31(23)15-4-2-1-3-5-15)29-20(17-11-8-14(26)12-18(17)27)30(22(19)32)16-9-6-13(25)7-10-16/h1-12H. The summed E-state index contributed by atoms with van der Waals surface area (Å²) in [6.07, 6.45) is 0. The molecular weight excluding hydrogens is 535 g/mol. The lowest BCUT2D eigenvalue weighted by Crippen LogP contribution is -2.22. The number of imidazole rings is 1. The number of nitrogens with zero attached hydrogens (tertiary/aromatic N) is 4. The van der Waals surface area contributed by atoms with Gasteiger partial charge in [-0.05, 0) is 70.5 Å². The van der Waals surface area contributed by atoms with E-state index >= 15 is 0 Å². The van der Waals surface area contributed by atoms with Crippen molar-refractivity contribution < 1.29 is 0 Å². The number of hydrogen-bond acceptors (Lipinski definition) is 3. The van der Waals surface area contributed by atoms with Gasteiger partial charge in [-0.25, -0.2) is 9.97 Å². The van der Waals surface area contributed by atoms with Gasteiger partial charge < -0.3 is 0 Å². The van der Waals surface area contributed by atoms with Crippen LogP contribution in [0.3, 0.4) is 0 Å². The number of halogens is 4. The Morgan fingerprint density at radius 1 is 0.750 bits per heavy atom. The van der Waals surface area contributed by atoms with Gasteiger partial charge in [0.05, 0.1) is 10.7 Å². The summed E-state index contributed by atoms with van der Waals surface area (Å²) in [6, 6.07) is 21.5. The molecule has 32 heavy (non-hydrogen) atoms. The summed E-state index contributed by atoms with van der Waals surface area (Å²) in [4.78, 5) is 23.0. The molecule has 5 rings (SSSR count). The van der Waals surface area contributed by atoms with E-state index in [9.17, 15) is 4.79 Å². The van der Waals surface area contributed by atoms with E-state index in [4.69, 9.17) is 39.8 Å². The van der Waals surface area contributed by atoms with Gasteiger partial charge in [-0.3, -0.25) is 13.9 Å². The third-order valence-corrected chi connectivity index (χ3v) is 6.24. The summed E-state index contributed by atoms with van der Waals surface area (Å²) in [5, 5.41) is 1.41. The average Bonchev–Trinajstić information content (AvgIpc) is 3.11. The third-order valence-electron chi connectivity index (χ3n) is 4.91. The van der Waals surface area contributed by atoms with Crippen molar-refractivity contribution in [2.75, 3.05) is 0 Å². The zero-order valence-electron chi connectivity index (χ0n) is 16.1. The highest BCUT2D eigenvalue weighted by Gasteiger charge is 2.22. The maximum Gasteiger partial charge on any atom is 0.286 e. The molecule has 0 atom stereocenters. The summed E-state index contributed by atoms with van der Waals surface area (Å²) < 4.78 is 3.71. The summed E-state index contributed by atoms with van der Waals surface area (Å²) in [7, 11) is 0. The number of aromatic nitrogens is 4. The third kappa shape index (κ3) is 3.63. The topological polar surface area (TPSA) is 52.7 Å². The zero-order valence-corrected chi connectivity index (χ0v) is 20.0. The molecule has 0 saturated carbocycles. The summed E-state index contributed by atoms with van der Waals surface area (Å²) in [6.45, 7) is 0. The van der Waals surface area contributed by atoms with E-state index in [1.54, 1.807) is 47.0 Å². The second-order valence-corrected chi connectivity index (χ2v) is 8.89. The van der Waals surface area contributed by atoms with Gasteiger partial charge >= 0.3 is 0 Å². The second kappa shape index (κ2) is 8.37. The van der Waals surface area contributed by atoms with Gasteiger partial charge in [0.25, 0.3) is 5.56 Å². The van der Waals surface area contributed by atoms with Crippen molar-refractivity contribution in [1.29, 1.82) is 0 Å². The first-order valence-electron chi connectivity index (χ1n) is 9.42. The summed E-state index contributed by atoms with van der Waals surface area (Å²) in [5.74, 6) is 0.357. The van der Waals surface area contributed by atoms with Crippen LogP contribution in [0.5, 0.6) is 0 Å². The summed E-state index contributed by atoms with van der Waals surface area (Å²) >= 11 is 22.2. The van der Waals surface area contributed by atoms with Crippen molar-refractivity contribution in [1.82, 2.24) is 19.1 Å². The van der Waals surface area contributed by atoms with Gasteiger partial charge in [-0.15, -0.1) is 0 Å². The minimum absolute atomic E-state index is 0.213. The maximum atomic E-state index is 13.7. The first kappa shape index (κ1) is 21.2. The van der Waals surface area contributed by atoms with E-state index in [1.807, 2.05) is 30.3 Å². The molecule has 2 aromatic heterocycles. The first-order valence-corrected chi connectivity index (χ1v) is 11.3. The molecule has 0 aliphatic heterocycles. The SMILES string of the molecule is O=c1c2nc(Br)n(-c3ccccc3)c2nc(-c2ccc(Cl)cc2Cl)n1-c1ccc(Cl)cc1. The van der Waals surface area contributed by atoms with Crippen molar-refractivity contribution >= 4 is 61.9 Å². The Labute approximate surface area is 206 Å². The number of benzene rings is 3. The minimum atomic E-state index is -0.339. The number of rotatable bonds is 3. The quantitative estimate of drug-likeness (QED) is 0.230. The van der Waals surface area contributed by atoms with Crippen LogP contribution in [0, 0.1) is 0 Å². The van der Waals surface area contributed by atoms with Gasteiger partial charge in [0, 0.05) is 21.3 Å². The largest absolute Gasteiger partial charge is 0.286 e. The molecule has 0 spiro atoms. The van der Waals surface area contributed by atoms with Gasteiger partial charge in [-0.2, -0.15) is 0 Å². The van der Waals surface area contributed by atoms with Crippen molar-refractivity contribution in [2.24, 2.45) is 0 Å². The molecule has 0 unspecified atom stereocenters. The predicted octanol–water partition coefficient (Wildman–Crippen LogP) is 6.96. The van der Waals surface area contributed by atoms with E-state index in [-0.39, 0.29) is 11.1 Å². The van der Waals surface area contributed by atoms with E-state index in [0.29, 0.717) is 42.5 Å². The molecule has 0 fully saturated rings. The van der Waals surface area contributed by atoms with Crippen LogP contribution < -0.4 is 5.56 Å². The van der Waals surface area contributed by atoms with Crippen molar-refractivity contribution in [3.8, 4) is 22.8 Å². The Morgan fingerprint density at radius 2 is 1.41 bits per heavy atom. The van der Waals surface area contributed by atoms with Crippen LogP contribution in [-0.4, -0.2) is 19.1 Å². The maximum absolute atomic E-state index is 13.7. The fourth-order valence-electron chi connectivity index (χ4n) is 3.47. The Kier molecular flexibility index (Phi) is 5.55. The van der Waals surface area contributed by atoms with Crippen LogP contribution in [-0.2, 0) is 0 Å². The van der Waals surface area contributed by atoms with Crippen molar-refractivity contribution in [3.05, 3.63) is 103 Å². The zero-order chi connectivity index (χ0) is 22.4. The monoisotopic (exact) mass is 544 g/mol. The molecule has 0 amide bonds. The molecule has 0 radical (unpaired) electrons. The molecule has 0 aliphatic rings. The molecular formula is C23H12BrCl3N4O. The van der Waals surface area contributed by atoms with E-state index in [2.05, 4.69) is 20.9 Å². The van der Waals surface area contributed by atoms with Crippen LogP contribution >= 0.6 is 50.7 Å². The summed E-state index contributed by atoms with van der Waals surface area (Å²) in [5.41, 5.74) is 2.23. The molecule has 3 aromatic carbocycles. The molecule has 0 N–H and O–H groups in total. The molecule has 0 saturated heterocycles. The van der Waals surface area contributed by atoms with E-state index in [1.165, 1.54) is 4.57 Å². The highest BCUT2D eigenvalue weighted by Crippen LogP contribution is 2.32. The lowest BCUT2D eigenvalue weighted by atomic mass is 10.2. The van der Waals surface area contributed by atoms with Crippen LogP contribution in [0.25, 0.3) is 33.9 Å². The fraction of sp³-hybridized carbons (Fsp3) is 0. The molecule has 0 bridgehead atoms. The Hall–Kier alpha value is -2.64. The van der Waals surface area contributed by atoms with Crippen molar-refractivity contribution in [2.45, 2.75) is 0 Å². The average molecular weight is 547 g/mol. The molecule has 158 valence electrons. The number of hydrogen-bond donors (Lipinski definition) is 0. The van der Waals surface area contributed by atoms with E-state index in [0.717, 1.165) is 5.69 Å². The highest BCUT2D eigenvalue weighted by atomic mass is 79.9. The fourth-order valence-corrected chi connectivity index (χ4v) is 4.64. The minimum Gasteiger partial charge on any atom is -0.271 e. The molecule has 2 heterocycles. The lowest BCUT2D eigenvalue weighted by molar-refractivity contribution is 0.960. The lowest BCUT2D eigenvalue weighted by Gasteiger charge is -2.14. The molecule has 0 aliphatic carbocycles. The van der Waals surface area contributed by atoms with Gasteiger partial charge in [0.15, 0.2) is 21.7 Å². The molecule has 5 nitrogen and oxygen atoms in total. The van der Waals surface area contributed by atoms with E-state index < -0.39 is 0 Å².